The zero-order valence-corrected chi connectivity index (χ0v) is 13.7. The van der Waals surface area contributed by atoms with E-state index in [4.69, 9.17) is 4.74 Å². The van der Waals surface area contributed by atoms with Gasteiger partial charge >= 0.3 is 0 Å². The highest BCUT2D eigenvalue weighted by Crippen LogP contribution is 2.40. The zero-order chi connectivity index (χ0) is 15.7. The van der Waals surface area contributed by atoms with Gasteiger partial charge in [0.05, 0.1) is 12.6 Å². The lowest BCUT2D eigenvalue weighted by Gasteiger charge is -2.53. The summed E-state index contributed by atoms with van der Waals surface area (Å²) in [5, 5.41) is 3.09. The minimum Gasteiger partial charge on any atom is -0.383 e. The van der Waals surface area contributed by atoms with Gasteiger partial charge in [-0.1, -0.05) is 26.7 Å². The molecule has 1 saturated heterocycles. The fourth-order valence-corrected chi connectivity index (χ4v) is 4.09. The van der Waals surface area contributed by atoms with E-state index in [2.05, 4.69) is 5.32 Å². The smallest absolute Gasteiger partial charge is 0.249 e. The van der Waals surface area contributed by atoms with Crippen LogP contribution in [-0.2, 0) is 14.3 Å². The number of carbonyl (C=O) groups excluding carboxylic acids is 2. The van der Waals surface area contributed by atoms with Crippen molar-refractivity contribution in [2.24, 2.45) is 0 Å². The quantitative estimate of drug-likeness (QED) is 0.842. The van der Waals surface area contributed by atoms with E-state index in [0.717, 1.165) is 25.7 Å². The molecule has 0 aromatic carbocycles. The van der Waals surface area contributed by atoms with Gasteiger partial charge in [-0.2, -0.15) is 0 Å². The summed E-state index contributed by atoms with van der Waals surface area (Å²) in [5.74, 6) is 0.102. The van der Waals surface area contributed by atoms with Crippen molar-refractivity contribution in [1.29, 1.82) is 0 Å². The van der Waals surface area contributed by atoms with Crippen molar-refractivity contribution in [3.8, 4) is 0 Å². The summed E-state index contributed by atoms with van der Waals surface area (Å²) < 4.78 is 5.25. The second-order valence-electron chi connectivity index (χ2n) is 6.46. The van der Waals surface area contributed by atoms with Gasteiger partial charge in [0.15, 0.2) is 0 Å². The minimum absolute atomic E-state index is 0.0111. The summed E-state index contributed by atoms with van der Waals surface area (Å²) in [4.78, 5) is 27.9. The van der Waals surface area contributed by atoms with Crippen LogP contribution in [-0.4, -0.2) is 47.6 Å². The second-order valence-corrected chi connectivity index (χ2v) is 6.46. The van der Waals surface area contributed by atoms with Gasteiger partial charge in [-0.15, -0.1) is 0 Å². The van der Waals surface area contributed by atoms with Crippen LogP contribution in [0, 0.1) is 0 Å². The van der Waals surface area contributed by atoms with Gasteiger partial charge in [-0.05, 0) is 32.6 Å². The van der Waals surface area contributed by atoms with Crippen LogP contribution in [0.1, 0.15) is 59.3 Å². The summed E-state index contributed by atoms with van der Waals surface area (Å²) in [6.07, 6.45) is 4.79. The van der Waals surface area contributed by atoms with Crippen LogP contribution in [0.15, 0.2) is 0 Å². The predicted octanol–water partition coefficient (Wildman–Crippen LogP) is 1.85. The van der Waals surface area contributed by atoms with Gasteiger partial charge in [0.1, 0.15) is 11.1 Å². The highest BCUT2D eigenvalue weighted by atomic mass is 16.5. The van der Waals surface area contributed by atoms with Crippen LogP contribution in [0.3, 0.4) is 0 Å². The van der Waals surface area contributed by atoms with Crippen LogP contribution in [0.25, 0.3) is 0 Å². The molecular formula is C16H28N2O3. The summed E-state index contributed by atoms with van der Waals surface area (Å²) in [5.41, 5.74) is -1.39. The van der Waals surface area contributed by atoms with Crippen molar-refractivity contribution in [2.45, 2.75) is 76.4 Å². The number of carbonyl (C=O) groups is 2. The Labute approximate surface area is 127 Å². The summed E-state index contributed by atoms with van der Waals surface area (Å²) in [6, 6.07) is -0.0917. The first-order valence-corrected chi connectivity index (χ1v) is 8.12. The summed E-state index contributed by atoms with van der Waals surface area (Å²) in [6.45, 7) is 6.39. The average Bonchev–Trinajstić information content (AvgIpc) is 2.92. The third-order valence-electron chi connectivity index (χ3n) is 5.34. The monoisotopic (exact) mass is 296 g/mol. The van der Waals surface area contributed by atoms with Gasteiger partial charge in [0.2, 0.25) is 11.8 Å². The molecule has 1 aliphatic heterocycles. The van der Waals surface area contributed by atoms with Crippen molar-refractivity contribution in [3.63, 3.8) is 0 Å². The zero-order valence-electron chi connectivity index (χ0n) is 13.7. The van der Waals surface area contributed by atoms with Gasteiger partial charge in [0, 0.05) is 7.11 Å². The Morgan fingerprint density at radius 1 is 1.24 bits per heavy atom. The molecule has 21 heavy (non-hydrogen) atoms. The van der Waals surface area contributed by atoms with E-state index >= 15 is 0 Å². The topological polar surface area (TPSA) is 58.6 Å². The Morgan fingerprint density at radius 3 is 2.29 bits per heavy atom. The van der Waals surface area contributed by atoms with Crippen molar-refractivity contribution >= 4 is 11.8 Å². The number of hydrogen-bond donors (Lipinski definition) is 1. The largest absolute Gasteiger partial charge is 0.383 e. The van der Waals surface area contributed by atoms with Crippen molar-refractivity contribution in [1.82, 2.24) is 10.2 Å². The van der Waals surface area contributed by atoms with Crippen molar-refractivity contribution in [3.05, 3.63) is 0 Å². The van der Waals surface area contributed by atoms with E-state index in [1.165, 1.54) is 0 Å². The number of methoxy groups -OCH3 is 1. The standard InChI is InChI=1S/C16H28N2O3/c1-5-16(6-2)13(19)17-15(9-7-8-10-15)14(20)18(16)12(3)11-21-4/h12H,5-11H2,1-4H3,(H,17,19). The second kappa shape index (κ2) is 5.95. The third-order valence-corrected chi connectivity index (χ3v) is 5.34. The molecule has 1 unspecified atom stereocenters. The van der Waals surface area contributed by atoms with E-state index in [1.54, 1.807) is 7.11 Å². The van der Waals surface area contributed by atoms with Crippen LogP contribution in [0.4, 0.5) is 0 Å². The number of hydrogen-bond acceptors (Lipinski definition) is 3. The van der Waals surface area contributed by atoms with Crippen LogP contribution < -0.4 is 5.32 Å². The lowest BCUT2D eigenvalue weighted by Crippen LogP contribution is -2.76. The van der Waals surface area contributed by atoms with Gasteiger partial charge in [-0.3, -0.25) is 9.59 Å². The molecule has 0 aromatic heterocycles. The van der Waals surface area contributed by atoms with E-state index in [1.807, 2.05) is 25.7 Å². The van der Waals surface area contributed by atoms with Gasteiger partial charge in [0.25, 0.3) is 0 Å². The molecule has 1 N–H and O–H groups in total. The molecule has 5 nitrogen and oxygen atoms in total. The Morgan fingerprint density at radius 2 is 1.81 bits per heavy atom. The molecule has 2 fully saturated rings. The molecule has 0 bridgehead atoms. The molecule has 1 aliphatic carbocycles. The fourth-order valence-electron chi connectivity index (χ4n) is 4.09. The molecule has 5 heteroatoms. The van der Waals surface area contributed by atoms with Crippen molar-refractivity contribution < 1.29 is 14.3 Å². The molecule has 120 valence electrons. The SMILES string of the molecule is CCC1(CC)C(=O)NC2(CCCC2)C(=O)N1C(C)COC. The number of rotatable bonds is 5. The Kier molecular flexibility index (Phi) is 4.61. The van der Waals surface area contributed by atoms with E-state index in [-0.39, 0.29) is 17.9 Å². The Balaban J connectivity index is 2.44. The van der Waals surface area contributed by atoms with E-state index < -0.39 is 11.1 Å². The van der Waals surface area contributed by atoms with E-state index in [0.29, 0.717) is 19.4 Å². The summed E-state index contributed by atoms with van der Waals surface area (Å²) in [7, 11) is 1.63. The first kappa shape index (κ1) is 16.3. The number of piperazine rings is 1. The highest BCUT2D eigenvalue weighted by molar-refractivity contribution is 6.02. The minimum atomic E-state index is -0.733. The van der Waals surface area contributed by atoms with Gasteiger partial charge in [-0.25, -0.2) is 0 Å². The number of nitrogens with one attached hydrogen (secondary N) is 1. The van der Waals surface area contributed by atoms with Crippen LogP contribution in [0.2, 0.25) is 0 Å². The lowest BCUT2D eigenvalue weighted by atomic mass is 9.79. The predicted molar refractivity (Wildman–Crippen MR) is 80.8 cm³/mol. The molecule has 1 spiro atoms. The maximum absolute atomic E-state index is 13.2. The Bertz CT molecular complexity index is 412. The van der Waals surface area contributed by atoms with Crippen LogP contribution in [0.5, 0.6) is 0 Å². The molecule has 0 radical (unpaired) electrons. The van der Waals surface area contributed by atoms with E-state index in [9.17, 15) is 9.59 Å². The fraction of sp³-hybridized carbons (Fsp3) is 0.875. The molecular weight excluding hydrogens is 268 g/mol. The first-order valence-electron chi connectivity index (χ1n) is 8.12. The third kappa shape index (κ3) is 2.35. The molecule has 2 rings (SSSR count). The maximum atomic E-state index is 13.2. The van der Waals surface area contributed by atoms with Gasteiger partial charge < -0.3 is 15.0 Å². The molecule has 1 heterocycles. The van der Waals surface area contributed by atoms with Crippen LogP contribution >= 0.6 is 0 Å². The Hall–Kier alpha value is -1.10. The average molecular weight is 296 g/mol. The molecule has 2 aliphatic rings. The van der Waals surface area contributed by atoms with Crippen molar-refractivity contribution in [2.75, 3.05) is 13.7 Å². The molecule has 0 aromatic rings. The molecule has 2 amide bonds. The first-order chi connectivity index (χ1) is 9.97. The lowest BCUT2D eigenvalue weighted by molar-refractivity contribution is -0.168. The maximum Gasteiger partial charge on any atom is 0.249 e. The normalized spacial score (nSPS) is 25.2. The number of nitrogens with zero attached hydrogens (tertiary/aromatic N) is 1. The molecule has 1 atom stereocenters. The highest BCUT2D eigenvalue weighted by Gasteiger charge is 2.58. The summed E-state index contributed by atoms with van der Waals surface area (Å²) >= 11 is 0. The molecule has 1 saturated carbocycles. The number of amides is 2. The number of ether oxygens (including phenoxy) is 1.